The van der Waals surface area contributed by atoms with E-state index in [2.05, 4.69) is 21.2 Å². The number of rotatable bonds is 7. The molecule has 2 amide bonds. The van der Waals surface area contributed by atoms with Gasteiger partial charge in [-0.05, 0) is 34.9 Å². The molecule has 36 heavy (non-hydrogen) atoms. The number of thioether (sulfide) groups is 2. The van der Waals surface area contributed by atoms with Crippen LogP contribution < -0.4 is 5.32 Å². The van der Waals surface area contributed by atoms with Crippen molar-refractivity contribution in [1.82, 2.24) is 10.2 Å². The van der Waals surface area contributed by atoms with Crippen LogP contribution in [-0.2, 0) is 20.8 Å². The smallest absolute Gasteiger partial charge is 0.353 e. The molecule has 2 N–H and O–H groups in total. The molecule has 1 fully saturated rings. The van der Waals surface area contributed by atoms with Crippen LogP contribution in [0, 0.1) is 0 Å². The van der Waals surface area contributed by atoms with Crippen LogP contribution in [0.3, 0.4) is 0 Å². The second-order valence-corrected chi connectivity index (χ2v) is 11.5. The van der Waals surface area contributed by atoms with Crippen molar-refractivity contribution in [1.29, 1.82) is 0 Å². The molecule has 1 saturated heterocycles. The molecule has 2 heterocycles. The predicted molar refractivity (Wildman–Crippen MR) is 145 cm³/mol. The van der Waals surface area contributed by atoms with Crippen LogP contribution in [0.2, 0.25) is 0 Å². The number of hydrogen-bond acceptors (Lipinski definition) is 5. The van der Waals surface area contributed by atoms with Gasteiger partial charge in [0, 0.05) is 20.0 Å². The SMILES string of the molecule is O=C(Cc1ccccc1)N[C@@H]1C(=O)N2C(C(=O)O)=C(Sc3ccc(Br)cc3-c3ccccc3)CS[C@@H]12. The van der Waals surface area contributed by atoms with Crippen molar-refractivity contribution in [3.05, 3.63) is 99.5 Å². The van der Waals surface area contributed by atoms with Gasteiger partial charge < -0.3 is 10.4 Å². The van der Waals surface area contributed by atoms with Gasteiger partial charge in [-0.3, -0.25) is 14.5 Å². The molecule has 0 radical (unpaired) electrons. The summed E-state index contributed by atoms with van der Waals surface area (Å²) in [6, 6.07) is 24.3. The lowest BCUT2D eigenvalue weighted by Gasteiger charge is -2.49. The molecular weight excluding hydrogens is 560 g/mol. The minimum absolute atomic E-state index is 0.00996. The number of benzene rings is 3. The number of amides is 2. The normalized spacial score (nSPS) is 18.9. The topological polar surface area (TPSA) is 86.7 Å². The Labute approximate surface area is 225 Å². The van der Waals surface area contributed by atoms with E-state index in [0.29, 0.717) is 10.7 Å². The number of carbonyl (C=O) groups is 3. The maximum Gasteiger partial charge on any atom is 0.353 e. The summed E-state index contributed by atoms with van der Waals surface area (Å²) in [5.41, 5.74) is 2.83. The van der Waals surface area contributed by atoms with E-state index in [1.54, 1.807) is 0 Å². The third-order valence-corrected chi connectivity index (χ3v) is 9.04. The number of hydrogen-bond donors (Lipinski definition) is 2. The quantitative estimate of drug-likeness (QED) is 0.376. The molecular formula is C27H21BrN2O4S2. The van der Waals surface area contributed by atoms with Crippen molar-refractivity contribution >= 4 is 57.2 Å². The molecule has 0 unspecified atom stereocenters. The average Bonchev–Trinajstić information content (AvgIpc) is 2.89. The molecule has 0 spiro atoms. The van der Waals surface area contributed by atoms with Gasteiger partial charge in [0.1, 0.15) is 17.1 Å². The van der Waals surface area contributed by atoms with Gasteiger partial charge in [0.2, 0.25) is 5.91 Å². The van der Waals surface area contributed by atoms with E-state index in [0.717, 1.165) is 26.1 Å². The molecule has 0 bridgehead atoms. The predicted octanol–water partition coefficient (Wildman–Crippen LogP) is 5.15. The number of halogens is 1. The van der Waals surface area contributed by atoms with Crippen LogP contribution in [0.15, 0.2) is 98.8 Å². The number of carboxylic acids is 1. The number of carboxylic acid groups (broad SMARTS) is 1. The highest BCUT2D eigenvalue weighted by atomic mass is 79.9. The number of carbonyl (C=O) groups excluding carboxylic acids is 2. The standard InChI is InChI=1S/C27H21BrN2O4S2/c28-18-11-12-20(19(14-18)17-9-5-2-6-10-17)36-21-15-35-26-23(25(32)30(26)24(21)27(33)34)29-22(31)13-16-7-3-1-4-8-16/h1-12,14,23,26H,13,15H2,(H,29,31)(H,33,34)/t23-,26+/m1/s1. The zero-order valence-electron chi connectivity index (χ0n) is 18.9. The highest BCUT2D eigenvalue weighted by molar-refractivity contribution is 9.10. The van der Waals surface area contributed by atoms with Gasteiger partial charge in [0.25, 0.3) is 5.91 Å². The first-order chi connectivity index (χ1) is 17.4. The number of aliphatic carboxylic acids is 1. The van der Waals surface area contributed by atoms with E-state index in [1.807, 2.05) is 78.9 Å². The molecule has 0 saturated carbocycles. The Bertz CT molecular complexity index is 1360. The summed E-state index contributed by atoms with van der Waals surface area (Å²) in [6.45, 7) is 0. The first-order valence-corrected chi connectivity index (χ1v) is 13.9. The van der Waals surface area contributed by atoms with E-state index in [4.69, 9.17) is 0 Å². The highest BCUT2D eigenvalue weighted by Gasteiger charge is 2.54. The van der Waals surface area contributed by atoms with Gasteiger partial charge in [-0.25, -0.2) is 4.79 Å². The molecule has 3 aromatic rings. The molecule has 2 aliphatic rings. The van der Waals surface area contributed by atoms with E-state index >= 15 is 0 Å². The Morgan fingerprint density at radius 3 is 2.44 bits per heavy atom. The van der Waals surface area contributed by atoms with Crippen LogP contribution in [-0.4, -0.2) is 45.0 Å². The maximum atomic E-state index is 13.0. The third kappa shape index (κ3) is 4.96. The summed E-state index contributed by atoms with van der Waals surface area (Å²) >= 11 is 6.36. The van der Waals surface area contributed by atoms with Gasteiger partial charge >= 0.3 is 5.97 Å². The monoisotopic (exact) mass is 580 g/mol. The zero-order valence-corrected chi connectivity index (χ0v) is 22.1. The second kappa shape index (κ2) is 10.5. The molecule has 6 nitrogen and oxygen atoms in total. The lowest BCUT2D eigenvalue weighted by Crippen LogP contribution is -2.70. The van der Waals surface area contributed by atoms with E-state index in [1.165, 1.54) is 28.4 Å². The summed E-state index contributed by atoms with van der Waals surface area (Å²) in [4.78, 5) is 40.7. The summed E-state index contributed by atoms with van der Waals surface area (Å²) in [7, 11) is 0. The van der Waals surface area contributed by atoms with Crippen LogP contribution in [0.4, 0.5) is 0 Å². The first-order valence-electron chi connectivity index (χ1n) is 11.2. The Balaban J connectivity index is 1.37. The summed E-state index contributed by atoms with van der Waals surface area (Å²) in [6.07, 6.45) is 0.163. The van der Waals surface area contributed by atoms with Crippen molar-refractivity contribution in [2.45, 2.75) is 22.7 Å². The van der Waals surface area contributed by atoms with E-state index in [9.17, 15) is 19.5 Å². The Hall–Kier alpha value is -3.01. The van der Waals surface area contributed by atoms with Crippen molar-refractivity contribution in [2.75, 3.05) is 5.75 Å². The van der Waals surface area contributed by atoms with Crippen LogP contribution in [0.25, 0.3) is 11.1 Å². The molecule has 0 aliphatic carbocycles. The van der Waals surface area contributed by atoms with Crippen molar-refractivity contribution in [3.8, 4) is 11.1 Å². The third-order valence-electron chi connectivity index (χ3n) is 5.92. The number of fused-ring (bicyclic) bond motifs is 1. The largest absolute Gasteiger partial charge is 0.477 e. The van der Waals surface area contributed by atoms with Crippen LogP contribution in [0.1, 0.15) is 5.56 Å². The number of β-lactam (4-membered cyclic amide) rings is 1. The van der Waals surface area contributed by atoms with Gasteiger partial charge in [-0.1, -0.05) is 88.4 Å². The average molecular weight is 582 g/mol. The number of nitrogens with zero attached hydrogens (tertiary/aromatic N) is 1. The Kier molecular flexibility index (Phi) is 7.22. The minimum Gasteiger partial charge on any atom is -0.477 e. The molecule has 182 valence electrons. The Morgan fingerprint density at radius 1 is 1.06 bits per heavy atom. The van der Waals surface area contributed by atoms with E-state index in [-0.39, 0.29) is 18.0 Å². The van der Waals surface area contributed by atoms with Gasteiger partial charge in [-0.2, -0.15) is 0 Å². The minimum atomic E-state index is -1.15. The van der Waals surface area contributed by atoms with Crippen LogP contribution in [0.5, 0.6) is 0 Å². The molecule has 3 aromatic carbocycles. The van der Waals surface area contributed by atoms with Crippen molar-refractivity contribution in [3.63, 3.8) is 0 Å². The zero-order chi connectivity index (χ0) is 25.2. The van der Waals surface area contributed by atoms with E-state index < -0.39 is 23.3 Å². The fraction of sp³-hybridized carbons (Fsp3) is 0.148. The number of nitrogens with one attached hydrogen (secondary N) is 1. The second-order valence-electron chi connectivity index (χ2n) is 8.30. The molecule has 5 rings (SSSR count). The highest BCUT2D eigenvalue weighted by Crippen LogP contribution is 2.47. The fourth-order valence-electron chi connectivity index (χ4n) is 4.24. The van der Waals surface area contributed by atoms with Gasteiger partial charge in [0.15, 0.2) is 0 Å². The van der Waals surface area contributed by atoms with Gasteiger partial charge in [-0.15, -0.1) is 11.8 Å². The van der Waals surface area contributed by atoms with Crippen molar-refractivity contribution < 1.29 is 19.5 Å². The molecule has 9 heteroatoms. The molecule has 0 aromatic heterocycles. The first kappa shape index (κ1) is 24.7. The summed E-state index contributed by atoms with van der Waals surface area (Å²) < 4.78 is 0.920. The summed E-state index contributed by atoms with van der Waals surface area (Å²) in [5, 5.41) is 12.4. The maximum absolute atomic E-state index is 13.0. The molecule has 2 atom stereocenters. The summed E-state index contributed by atoms with van der Waals surface area (Å²) in [5.74, 6) is -1.38. The van der Waals surface area contributed by atoms with Crippen LogP contribution >= 0.6 is 39.5 Å². The lowest BCUT2D eigenvalue weighted by atomic mass is 10.0. The lowest BCUT2D eigenvalue weighted by molar-refractivity contribution is -0.150. The Morgan fingerprint density at radius 2 is 1.75 bits per heavy atom. The van der Waals surface area contributed by atoms with Crippen molar-refractivity contribution in [2.24, 2.45) is 0 Å². The fourth-order valence-corrected chi connectivity index (χ4v) is 7.21. The van der Waals surface area contributed by atoms with Gasteiger partial charge in [0.05, 0.1) is 6.42 Å². The molecule has 2 aliphatic heterocycles.